The number of rotatable bonds is 4. The molecular weight excluding hydrogens is 318 g/mol. The molecule has 1 unspecified atom stereocenters. The zero-order chi connectivity index (χ0) is 13.9. The van der Waals surface area contributed by atoms with Gasteiger partial charge < -0.3 is 9.73 Å². The van der Waals surface area contributed by atoms with E-state index in [1.54, 1.807) is 6.26 Å². The molecule has 1 aliphatic carbocycles. The maximum atomic E-state index is 5.45. The number of halogens is 1. The summed E-state index contributed by atoms with van der Waals surface area (Å²) < 4.78 is 6.34. The van der Waals surface area contributed by atoms with E-state index >= 15 is 0 Å². The fourth-order valence-corrected chi connectivity index (χ4v) is 3.02. The van der Waals surface area contributed by atoms with Crippen LogP contribution in [0.1, 0.15) is 43.5 Å². The van der Waals surface area contributed by atoms with E-state index in [0.717, 1.165) is 29.6 Å². The molecule has 1 N–H and O–H groups in total. The Morgan fingerprint density at radius 3 is 3.15 bits per heavy atom. The van der Waals surface area contributed by atoms with Crippen LogP contribution in [0.4, 0.5) is 0 Å². The van der Waals surface area contributed by atoms with Crippen LogP contribution in [0.5, 0.6) is 0 Å². The van der Waals surface area contributed by atoms with Crippen LogP contribution in [0.3, 0.4) is 0 Å². The molecule has 0 amide bonds. The molecule has 0 saturated carbocycles. The average molecular weight is 336 g/mol. The van der Waals surface area contributed by atoms with Crippen molar-refractivity contribution in [1.29, 1.82) is 0 Å². The summed E-state index contributed by atoms with van der Waals surface area (Å²) in [5.74, 6) is 1.37. The summed E-state index contributed by atoms with van der Waals surface area (Å²) >= 11 is 3.46. The van der Waals surface area contributed by atoms with Crippen molar-refractivity contribution in [3.05, 3.63) is 34.3 Å². The Kier molecular flexibility index (Phi) is 4.17. The third kappa shape index (κ3) is 2.65. The fourth-order valence-electron chi connectivity index (χ4n) is 2.64. The number of furan rings is 1. The normalized spacial score (nSPS) is 18.0. The third-order valence-electron chi connectivity index (χ3n) is 3.64. The summed E-state index contributed by atoms with van der Waals surface area (Å²) in [4.78, 5) is 9.18. The Morgan fingerprint density at radius 1 is 1.50 bits per heavy atom. The van der Waals surface area contributed by atoms with E-state index in [4.69, 9.17) is 9.40 Å². The molecule has 1 atom stereocenters. The van der Waals surface area contributed by atoms with Gasteiger partial charge in [-0.3, -0.25) is 0 Å². The first-order chi connectivity index (χ1) is 9.79. The Hall–Kier alpha value is -1.20. The second-order valence-corrected chi connectivity index (χ2v) is 5.95. The molecule has 2 aromatic rings. The molecule has 0 aromatic carbocycles. The topological polar surface area (TPSA) is 51.0 Å². The summed E-state index contributed by atoms with van der Waals surface area (Å²) in [5.41, 5.74) is 2.40. The summed E-state index contributed by atoms with van der Waals surface area (Å²) in [6.07, 6.45) is 8.11. The molecule has 2 aromatic heterocycles. The average Bonchev–Trinajstić information content (AvgIpc) is 2.90. The lowest BCUT2D eigenvalue weighted by atomic mass is 9.92. The van der Waals surface area contributed by atoms with Crippen LogP contribution in [0.25, 0.3) is 11.6 Å². The quantitative estimate of drug-likeness (QED) is 0.921. The number of nitrogens with zero attached hydrogens (tertiary/aromatic N) is 2. The maximum Gasteiger partial charge on any atom is 0.197 e. The lowest BCUT2D eigenvalue weighted by Crippen LogP contribution is -2.26. The van der Waals surface area contributed by atoms with Crippen molar-refractivity contribution in [1.82, 2.24) is 15.3 Å². The van der Waals surface area contributed by atoms with Crippen LogP contribution in [0, 0.1) is 0 Å². The van der Waals surface area contributed by atoms with Crippen molar-refractivity contribution in [3.63, 3.8) is 0 Å². The molecule has 0 aliphatic heterocycles. The number of hydrogen-bond acceptors (Lipinski definition) is 4. The fraction of sp³-hybridized carbons (Fsp3) is 0.467. The zero-order valence-corrected chi connectivity index (χ0v) is 13.1. The van der Waals surface area contributed by atoms with Crippen LogP contribution in [0.2, 0.25) is 0 Å². The molecule has 3 rings (SSSR count). The van der Waals surface area contributed by atoms with E-state index in [9.17, 15) is 0 Å². The third-order valence-corrected chi connectivity index (χ3v) is 4.27. The molecule has 0 bridgehead atoms. The summed E-state index contributed by atoms with van der Waals surface area (Å²) in [6.45, 7) is 3.22. The van der Waals surface area contributed by atoms with Gasteiger partial charge in [-0.05, 0) is 54.2 Å². The first-order valence-electron chi connectivity index (χ1n) is 7.12. The van der Waals surface area contributed by atoms with Crippen molar-refractivity contribution < 1.29 is 4.42 Å². The molecule has 0 spiro atoms. The Balaban J connectivity index is 1.91. The van der Waals surface area contributed by atoms with Gasteiger partial charge in [0.15, 0.2) is 11.6 Å². The molecule has 2 heterocycles. The van der Waals surface area contributed by atoms with E-state index in [-0.39, 0.29) is 0 Å². The van der Waals surface area contributed by atoms with Gasteiger partial charge in [-0.2, -0.15) is 0 Å². The standard InChI is InChI=1S/C15H18BrN3O/c1-2-7-17-12-4-3-5-13-10(12)9-18-15(19-13)14-11(16)6-8-20-14/h6,8-9,12,17H,2-5,7H2,1H3. The number of aryl methyl sites for hydroxylation is 1. The molecule has 106 valence electrons. The minimum absolute atomic E-state index is 0.396. The SMILES string of the molecule is CCCNC1CCCc2nc(-c3occc3Br)ncc21. The van der Waals surface area contributed by atoms with Crippen LogP contribution in [-0.2, 0) is 6.42 Å². The lowest BCUT2D eigenvalue weighted by Gasteiger charge is -2.25. The molecule has 20 heavy (non-hydrogen) atoms. The van der Waals surface area contributed by atoms with Crippen LogP contribution in [-0.4, -0.2) is 16.5 Å². The largest absolute Gasteiger partial charge is 0.460 e. The van der Waals surface area contributed by atoms with Gasteiger partial charge in [-0.1, -0.05) is 6.92 Å². The number of nitrogens with one attached hydrogen (secondary N) is 1. The van der Waals surface area contributed by atoms with Gasteiger partial charge in [-0.15, -0.1) is 0 Å². The summed E-state index contributed by atoms with van der Waals surface area (Å²) in [6, 6.07) is 2.26. The molecular formula is C15H18BrN3O. The predicted molar refractivity (Wildman–Crippen MR) is 81.4 cm³/mol. The second kappa shape index (κ2) is 6.06. The predicted octanol–water partition coefficient (Wildman–Crippen LogP) is 3.88. The Morgan fingerprint density at radius 2 is 2.40 bits per heavy atom. The Bertz CT molecular complexity index is 597. The van der Waals surface area contributed by atoms with Crippen molar-refractivity contribution in [2.45, 2.75) is 38.6 Å². The van der Waals surface area contributed by atoms with E-state index in [2.05, 4.69) is 33.2 Å². The van der Waals surface area contributed by atoms with Gasteiger partial charge in [0.1, 0.15) is 0 Å². The number of fused-ring (bicyclic) bond motifs is 1. The van der Waals surface area contributed by atoms with E-state index < -0.39 is 0 Å². The van der Waals surface area contributed by atoms with Crippen molar-refractivity contribution in [3.8, 4) is 11.6 Å². The molecule has 1 aliphatic rings. The monoisotopic (exact) mass is 335 g/mol. The van der Waals surface area contributed by atoms with Crippen LogP contribution >= 0.6 is 15.9 Å². The van der Waals surface area contributed by atoms with Crippen molar-refractivity contribution in [2.75, 3.05) is 6.54 Å². The lowest BCUT2D eigenvalue weighted by molar-refractivity contribution is 0.453. The van der Waals surface area contributed by atoms with Crippen molar-refractivity contribution >= 4 is 15.9 Å². The van der Waals surface area contributed by atoms with E-state index in [0.29, 0.717) is 17.6 Å². The van der Waals surface area contributed by atoms with Gasteiger partial charge in [0.25, 0.3) is 0 Å². The van der Waals surface area contributed by atoms with Gasteiger partial charge in [0, 0.05) is 23.5 Å². The highest BCUT2D eigenvalue weighted by molar-refractivity contribution is 9.10. The van der Waals surface area contributed by atoms with Gasteiger partial charge >= 0.3 is 0 Å². The van der Waals surface area contributed by atoms with Crippen LogP contribution < -0.4 is 5.32 Å². The van der Waals surface area contributed by atoms with E-state index in [1.807, 2.05) is 12.3 Å². The van der Waals surface area contributed by atoms with E-state index in [1.165, 1.54) is 18.4 Å². The number of aromatic nitrogens is 2. The van der Waals surface area contributed by atoms with Gasteiger partial charge in [0.05, 0.1) is 10.7 Å². The molecule has 5 heteroatoms. The summed E-state index contributed by atoms with van der Waals surface area (Å²) in [7, 11) is 0. The molecule has 0 fully saturated rings. The molecule has 0 radical (unpaired) electrons. The highest BCUT2D eigenvalue weighted by atomic mass is 79.9. The minimum atomic E-state index is 0.396. The molecule has 0 saturated heterocycles. The van der Waals surface area contributed by atoms with Gasteiger partial charge in [-0.25, -0.2) is 9.97 Å². The molecule has 4 nitrogen and oxygen atoms in total. The smallest absolute Gasteiger partial charge is 0.197 e. The zero-order valence-electron chi connectivity index (χ0n) is 11.5. The highest BCUT2D eigenvalue weighted by Crippen LogP contribution is 2.31. The highest BCUT2D eigenvalue weighted by Gasteiger charge is 2.22. The van der Waals surface area contributed by atoms with Gasteiger partial charge in [0.2, 0.25) is 0 Å². The Labute approximate surface area is 127 Å². The van der Waals surface area contributed by atoms with Crippen molar-refractivity contribution in [2.24, 2.45) is 0 Å². The first kappa shape index (κ1) is 13.8. The first-order valence-corrected chi connectivity index (χ1v) is 7.91. The minimum Gasteiger partial charge on any atom is -0.460 e. The number of hydrogen-bond donors (Lipinski definition) is 1. The summed E-state index contributed by atoms with van der Waals surface area (Å²) in [5, 5.41) is 3.58. The van der Waals surface area contributed by atoms with Crippen LogP contribution in [0.15, 0.2) is 27.4 Å². The maximum absolute atomic E-state index is 5.45. The second-order valence-electron chi connectivity index (χ2n) is 5.09.